The van der Waals surface area contributed by atoms with E-state index in [9.17, 15) is 0 Å². The minimum Gasteiger partial charge on any atom is -0.151 e. The number of azo groups is 1. The Morgan fingerprint density at radius 2 is 0.953 bits per heavy atom. The van der Waals surface area contributed by atoms with Crippen LogP contribution in [0, 0.1) is 0 Å². The van der Waals surface area contributed by atoms with E-state index in [4.69, 9.17) is 0 Å². The van der Waals surface area contributed by atoms with Crippen molar-refractivity contribution >= 4 is 11.4 Å². The largest absolute Gasteiger partial charge is 0.151 e. The van der Waals surface area contributed by atoms with Gasteiger partial charge in [0.25, 0.3) is 0 Å². The summed E-state index contributed by atoms with van der Waals surface area (Å²) in [4.78, 5) is 0. The molecule has 0 heterocycles. The lowest BCUT2D eigenvalue weighted by molar-refractivity contribution is 0.398. The van der Waals surface area contributed by atoms with Crippen molar-refractivity contribution in [3.63, 3.8) is 0 Å². The molecule has 0 radical (unpaired) electrons. The Bertz CT molecular complexity index is 1420. The second-order valence-electron chi connectivity index (χ2n) is 12.5. The summed E-state index contributed by atoms with van der Waals surface area (Å²) in [6.07, 6.45) is 18.6. The van der Waals surface area contributed by atoms with Crippen LogP contribution >= 0.6 is 0 Å². The maximum absolute atomic E-state index is 4.46. The molecule has 4 aromatic carbocycles. The van der Waals surface area contributed by atoms with E-state index in [1.165, 1.54) is 112 Å². The van der Waals surface area contributed by atoms with Crippen molar-refractivity contribution in [2.24, 2.45) is 10.2 Å². The molecule has 5 rings (SSSR count). The Hall–Kier alpha value is -3.52. The topological polar surface area (TPSA) is 24.7 Å². The zero-order chi connectivity index (χ0) is 29.7. The third-order valence-electron chi connectivity index (χ3n) is 9.42. The van der Waals surface area contributed by atoms with Gasteiger partial charge >= 0.3 is 0 Å². The summed E-state index contributed by atoms with van der Waals surface area (Å²) in [7, 11) is 0. The van der Waals surface area contributed by atoms with E-state index in [0.717, 1.165) is 11.4 Å². The third kappa shape index (κ3) is 7.71. The molecule has 0 saturated carbocycles. The summed E-state index contributed by atoms with van der Waals surface area (Å²) < 4.78 is 0. The van der Waals surface area contributed by atoms with Crippen LogP contribution in [0.25, 0.3) is 22.3 Å². The Labute approximate surface area is 260 Å². The first-order valence-corrected chi connectivity index (χ1v) is 17.1. The Balaban J connectivity index is 1.42. The number of fused-ring (bicyclic) bond motifs is 3. The van der Waals surface area contributed by atoms with E-state index < -0.39 is 0 Å². The fourth-order valence-electron chi connectivity index (χ4n) is 7.04. The van der Waals surface area contributed by atoms with Crippen LogP contribution in [0.1, 0.15) is 115 Å². The molecule has 0 aromatic heterocycles. The molecule has 1 aliphatic rings. The number of benzene rings is 4. The smallest absolute Gasteiger partial charge is 0.0857 e. The van der Waals surface area contributed by atoms with Gasteiger partial charge in [0, 0.05) is 5.41 Å². The van der Waals surface area contributed by atoms with Crippen LogP contribution in [0.3, 0.4) is 0 Å². The van der Waals surface area contributed by atoms with Crippen molar-refractivity contribution in [3.05, 3.63) is 108 Å². The van der Waals surface area contributed by atoms with Gasteiger partial charge in [-0.2, -0.15) is 10.2 Å². The van der Waals surface area contributed by atoms with Gasteiger partial charge in [-0.25, -0.2) is 0 Å². The molecule has 0 N–H and O–H groups in total. The third-order valence-corrected chi connectivity index (χ3v) is 9.42. The second-order valence-corrected chi connectivity index (χ2v) is 12.5. The van der Waals surface area contributed by atoms with Gasteiger partial charge in [0.1, 0.15) is 0 Å². The molecule has 1 aliphatic carbocycles. The number of hydrogen-bond donors (Lipinski definition) is 0. The van der Waals surface area contributed by atoms with E-state index in [1.807, 2.05) is 30.3 Å². The van der Waals surface area contributed by atoms with E-state index in [0.29, 0.717) is 0 Å². The van der Waals surface area contributed by atoms with Crippen LogP contribution in [0.4, 0.5) is 11.4 Å². The molecule has 0 aliphatic heterocycles. The fourth-order valence-corrected chi connectivity index (χ4v) is 7.04. The maximum atomic E-state index is 4.46. The predicted molar refractivity (Wildman–Crippen MR) is 185 cm³/mol. The molecule has 0 atom stereocenters. The molecular formula is C41H50N2. The van der Waals surface area contributed by atoms with Crippen molar-refractivity contribution in [1.29, 1.82) is 0 Å². The van der Waals surface area contributed by atoms with Gasteiger partial charge in [-0.3, -0.25) is 0 Å². The Morgan fingerprint density at radius 1 is 0.442 bits per heavy atom. The molecule has 4 aromatic rings. The van der Waals surface area contributed by atoms with Crippen LogP contribution < -0.4 is 0 Å². The number of unbranched alkanes of at least 4 members (excludes halogenated alkanes) is 10. The second kappa shape index (κ2) is 15.8. The highest BCUT2D eigenvalue weighted by Crippen LogP contribution is 2.55. The predicted octanol–water partition coefficient (Wildman–Crippen LogP) is 13.5. The summed E-state index contributed by atoms with van der Waals surface area (Å²) >= 11 is 0. The van der Waals surface area contributed by atoms with E-state index in [-0.39, 0.29) is 5.41 Å². The maximum Gasteiger partial charge on any atom is 0.0857 e. The minimum absolute atomic E-state index is 0.112. The molecule has 224 valence electrons. The average molecular weight is 571 g/mol. The Kier molecular flexibility index (Phi) is 11.4. The molecule has 0 fully saturated rings. The standard InChI is InChI=1S/C41H50N2/c1-3-5-7-9-11-18-30-41(31-19-12-10-8-6-4-2)39-23-17-16-22-37(39)38-29-26-34(32-40(38)41)33-24-27-36(28-25-33)43-42-35-20-14-13-15-21-35/h13-17,20-29,32H,3-12,18-19,30-31H2,1-2H3. The number of hydrogen-bond acceptors (Lipinski definition) is 2. The Morgan fingerprint density at radius 3 is 1.60 bits per heavy atom. The monoisotopic (exact) mass is 570 g/mol. The molecule has 0 amide bonds. The molecule has 0 spiro atoms. The van der Waals surface area contributed by atoms with Gasteiger partial charge in [-0.05, 0) is 76.6 Å². The van der Waals surface area contributed by atoms with Gasteiger partial charge < -0.3 is 0 Å². The van der Waals surface area contributed by atoms with Gasteiger partial charge in [-0.15, -0.1) is 0 Å². The lowest BCUT2D eigenvalue weighted by Crippen LogP contribution is -2.25. The van der Waals surface area contributed by atoms with Gasteiger partial charge in [-0.1, -0.05) is 158 Å². The molecular weight excluding hydrogens is 520 g/mol. The molecule has 2 nitrogen and oxygen atoms in total. The van der Waals surface area contributed by atoms with Crippen LogP contribution in [0.2, 0.25) is 0 Å². The normalized spacial score (nSPS) is 13.3. The highest BCUT2D eigenvalue weighted by atomic mass is 15.1. The summed E-state index contributed by atoms with van der Waals surface area (Å²) in [5.74, 6) is 0. The zero-order valence-electron chi connectivity index (χ0n) is 26.5. The van der Waals surface area contributed by atoms with E-state index >= 15 is 0 Å². The van der Waals surface area contributed by atoms with Crippen molar-refractivity contribution in [3.8, 4) is 22.3 Å². The first-order valence-electron chi connectivity index (χ1n) is 17.1. The molecule has 0 bridgehead atoms. The van der Waals surface area contributed by atoms with Crippen molar-refractivity contribution in [2.45, 2.75) is 109 Å². The molecule has 2 heteroatoms. The summed E-state index contributed by atoms with van der Waals surface area (Å²) in [6, 6.07) is 35.1. The van der Waals surface area contributed by atoms with Crippen molar-refractivity contribution in [2.75, 3.05) is 0 Å². The summed E-state index contributed by atoms with van der Waals surface area (Å²) in [5, 5.41) is 8.86. The van der Waals surface area contributed by atoms with Gasteiger partial charge in [0.05, 0.1) is 11.4 Å². The molecule has 0 saturated heterocycles. The van der Waals surface area contributed by atoms with Gasteiger partial charge in [0.15, 0.2) is 0 Å². The van der Waals surface area contributed by atoms with Crippen LogP contribution in [-0.4, -0.2) is 0 Å². The molecule has 0 unspecified atom stereocenters. The summed E-state index contributed by atoms with van der Waals surface area (Å²) in [5.41, 5.74) is 10.4. The van der Waals surface area contributed by atoms with Crippen molar-refractivity contribution < 1.29 is 0 Å². The quantitative estimate of drug-likeness (QED) is 0.0891. The van der Waals surface area contributed by atoms with E-state index in [1.54, 1.807) is 11.1 Å². The zero-order valence-corrected chi connectivity index (χ0v) is 26.5. The lowest BCUT2D eigenvalue weighted by atomic mass is 9.70. The fraction of sp³-hybridized carbons (Fsp3) is 0.415. The first-order chi connectivity index (χ1) is 21.2. The van der Waals surface area contributed by atoms with Crippen LogP contribution in [0.5, 0.6) is 0 Å². The lowest BCUT2D eigenvalue weighted by Gasteiger charge is -2.33. The number of rotatable bonds is 17. The van der Waals surface area contributed by atoms with E-state index in [2.05, 4.69) is 90.8 Å². The average Bonchev–Trinajstić information content (AvgIpc) is 3.33. The summed E-state index contributed by atoms with van der Waals surface area (Å²) in [6.45, 7) is 4.61. The molecule has 43 heavy (non-hydrogen) atoms. The minimum atomic E-state index is 0.112. The van der Waals surface area contributed by atoms with Crippen molar-refractivity contribution in [1.82, 2.24) is 0 Å². The van der Waals surface area contributed by atoms with Gasteiger partial charge in [0.2, 0.25) is 0 Å². The van der Waals surface area contributed by atoms with Crippen LogP contribution in [-0.2, 0) is 5.41 Å². The highest BCUT2D eigenvalue weighted by Gasteiger charge is 2.42. The SMILES string of the molecule is CCCCCCCCC1(CCCCCCCC)c2ccccc2-c2ccc(-c3ccc(N=Nc4ccccc4)cc3)cc21. The number of nitrogens with zero attached hydrogens (tertiary/aromatic N) is 2. The first kappa shape index (κ1) is 30.9. The highest BCUT2D eigenvalue weighted by molar-refractivity contribution is 5.84. The van der Waals surface area contributed by atoms with Crippen LogP contribution in [0.15, 0.2) is 107 Å².